The van der Waals surface area contributed by atoms with E-state index >= 15 is 0 Å². The molecule has 0 spiro atoms. The van der Waals surface area contributed by atoms with Crippen LogP contribution in [0.1, 0.15) is 57.2 Å². The minimum atomic E-state index is 0.182. The predicted octanol–water partition coefficient (Wildman–Crippen LogP) is 3.72. The van der Waals surface area contributed by atoms with Gasteiger partial charge in [-0.15, -0.1) is 11.3 Å². The summed E-state index contributed by atoms with van der Waals surface area (Å²) < 4.78 is 0. The molecular weight excluding hydrogens is 240 g/mol. The van der Waals surface area contributed by atoms with Crippen molar-refractivity contribution in [3.05, 3.63) is 16.1 Å². The summed E-state index contributed by atoms with van der Waals surface area (Å²) in [6.45, 7) is 7.67. The maximum absolute atomic E-state index is 4.77. The number of nitrogens with one attached hydrogen (secondary N) is 1. The fourth-order valence-corrected chi connectivity index (χ4v) is 3.54. The van der Waals surface area contributed by atoms with E-state index in [1.54, 1.807) is 0 Å². The number of hydrogen-bond donors (Lipinski definition) is 1. The molecule has 0 aliphatic heterocycles. The summed E-state index contributed by atoms with van der Waals surface area (Å²) >= 11 is 1.81. The first kappa shape index (κ1) is 12.6. The highest BCUT2D eigenvalue weighted by molar-refractivity contribution is 7.09. The number of nitrogens with zero attached hydrogens (tertiary/aromatic N) is 1. The van der Waals surface area contributed by atoms with Crippen LogP contribution in [0.25, 0.3) is 0 Å². The van der Waals surface area contributed by atoms with Gasteiger partial charge in [-0.25, -0.2) is 4.98 Å². The summed E-state index contributed by atoms with van der Waals surface area (Å²) in [6.07, 6.45) is 5.77. The van der Waals surface area contributed by atoms with E-state index in [1.807, 2.05) is 11.3 Å². The van der Waals surface area contributed by atoms with E-state index < -0.39 is 0 Å². The molecule has 2 aliphatic carbocycles. The Bertz CT molecular complexity index is 398. The normalized spacial score (nSPS) is 20.7. The molecule has 1 N–H and O–H groups in total. The van der Waals surface area contributed by atoms with E-state index in [4.69, 9.17) is 4.98 Å². The van der Waals surface area contributed by atoms with Gasteiger partial charge in [0.05, 0.1) is 5.69 Å². The Morgan fingerprint density at radius 3 is 2.33 bits per heavy atom. The fourth-order valence-electron chi connectivity index (χ4n) is 2.57. The monoisotopic (exact) mass is 264 g/mol. The molecule has 3 rings (SSSR count). The van der Waals surface area contributed by atoms with Crippen LogP contribution in [-0.4, -0.2) is 11.0 Å². The lowest BCUT2D eigenvalue weighted by atomic mass is 9.93. The molecule has 1 aromatic heterocycles. The lowest BCUT2D eigenvalue weighted by molar-refractivity contribution is 0.415. The van der Waals surface area contributed by atoms with Crippen molar-refractivity contribution >= 4 is 11.3 Å². The van der Waals surface area contributed by atoms with Crippen molar-refractivity contribution in [2.45, 2.75) is 64.5 Å². The summed E-state index contributed by atoms with van der Waals surface area (Å²) in [5.74, 6) is 1.94. The Hall–Kier alpha value is -0.410. The smallest absolute Gasteiger partial charge is 0.107 e. The summed E-state index contributed by atoms with van der Waals surface area (Å²) in [4.78, 5) is 4.77. The molecule has 0 unspecified atom stereocenters. The summed E-state index contributed by atoms with van der Waals surface area (Å²) in [5.41, 5.74) is 1.42. The van der Waals surface area contributed by atoms with Gasteiger partial charge in [-0.3, -0.25) is 0 Å². The Labute approximate surface area is 114 Å². The van der Waals surface area contributed by atoms with Gasteiger partial charge in [0.15, 0.2) is 0 Å². The highest BCUT2D eigenvalue weighted by atomic mass is 32.1. The minimum absolute atomic E-state index is 0.182. The summed E-state index contributed by atoms with van der Waals surface area (Å²) in [5, 5.41) is 7.25. The van der Waals surface area contributed by atoms with Crippen LogP contribution < -0.4 is 5.32 Å². The third kappa shape index (κ3) is 2.94. The third-order valence-electron chi connectivity index (χ3n) is 4.07. The van der Waals surface area contributed by atoms with Gasteiger partial charge in [0.1, 0.15) is 5.01 Å². The summed E-state index contributed by atoms with van der Waals surface area (Å²) in [6, 6.07) is 0.784. The zero-order chi connectivity index (χ0) is 12.8. The van der Waals surface area contributed by atoms with Crippen molar-refractivity contribution in [3.63, 3.8) is 0 Å². The maximum atomic E-state index is 4.77. The molecule has 1 heterocycles. The Morgan fingerprint density at radius 2 is 1.89 bits per heavy atom. The van der Waals surface area contributed by atoms with Gasteiger partial charge in [0, 0.05) is 23.4 Å². The van der Waals surface area contributed by atoms with E-state index in [0.717, 1.165) is 24.4 Å². The molecule has 0 atom stereocenters. The van der Waals surface area contributed by atoms with Crippen molar-refractivity contribution in [1.29, 1.82) is 0 Å². The van der Waals surface area contributed by atoms with Crippen LogP contribution in [0.5, 0.6) is 0 Å². The standard InChI is InChI=1S/C15H24N2S/c1-15(2,3)12-9-18-13(17-12)8-16-14(10-4-5-10)11-6-7-11/h9-11,14,16H,4-8H2,1-3H3. The van der Waals surface area contributed by atoms with Crippen LogP contribution >= 0.6 is 11.3 Å². The van der Waals surface area contributed by atoms with Crippen LogP contribution in [0.2, 0.25) is 0 Å². The van der Waals surface area contributed by atoms with Crippen molar-refractivity contribution in [1.82, 2.24) is 10.3 Å². The zero-order valence-corrected chi connectivity index (χ0v) is 12.5. The Kier molecular flexibility index (Phi) is 3.23. The van der Waals surface area contributed by atoms with Gasteiger partial charge in [-0.2, -0.15) is 0 Å². The molecule has 100 valence electrons. The molecule has 2 fully saturated rings. The van der Waals surface area contributed by atoms with Crippen molar-refractivity contribution in [2.75, 3.05) is 0 Å². The molecule has 0 bridgehead atoms. The molecular formula is C15H24N2S. The first-order valence-corrected chi connectivity index (χ1v) is 8.10. The molecule has 2 nitrogen and oxygen atoms in total. The van der Waals surface area contributed by atoms with Gasteiger partial charge in [0.25, 0.3) is 0 Å². The molecule has 2 saturated carbocycles. The number of aromatic nitrogens is 1. The van der Waals surface area contributed by atoms with Crippen LogP contribution in [0.4, 0.5) is 0 Å². The summed E-state index contributed by atoms with van der Waals surface area (Å²) in [7, 11) is 0. The predicted molar refractivity (Wildman–Crippen MR) is 76.9 cm³/mol. The third-order valence-corrected chi connectivity index (χ3v) is 4.92. The van der Waals surface area contributed by atoms with Crippen LogP contribution in [0.3, 0.4) is 0 Å². The fraction of sp³-hybridized carbons (Fsp3) is 0.800. The number of rotatable bonds is 5. The highest BCUT2D eigenvalue weighted by Gasteiger charge is 2.41. The topological polar surface area (TPSA) is 24.9 Å². The molecule has 0 aromatic carbocycles. The van der Waals surface area contributed by atoms with Crippen LogP contribution in [-0.2, 0) is 12.0 Å². The Morgan fingerprint density at radius 1 is 1.28 bits per heavy atom. The molecule has 18 heavy (non-hydrogen) atoms. The van der Waals surface area contributed by atoms with Gasteiger partial charge < -0.3 is 5.32 Å². The quantitative estimate of drug-likeness (QED) is 0.876. The second-order valence-electron chi connectivity index (χ2n) is 6.96. The zero-order valence-electron chi connectivity index (χ0n) is 11.7. The van der Waals surface area contributed by atoms with Gasteiger partial charge in [-0.1, -0.05) is 20.8 Å². The highest BCUT2D eigenvalue weighted by Crippen LogP contribution is 2.44. The van der Waals surface area contributed by atoms with Crippen molar-refractivity contribution in [2.24, 2.45) is 11.8 Å². The van der Waals surface area contributed by atoms with E-state index in [9.17, 15) is 0 Å². The van der Waals surface area contributed by atoms with E-state index in [1.165, 1.54) is 36.4 Å². The SMILES string of the molecule is CC(C)(C)c1csc(CNC(C2CC2)C2CC2)n1. The first-order valence-electron chi connectivity index (χ1n) is 7.22. The molecule has 1 aromatic rings. The second-order valence-corrected chi connectivity index (χ2v) is 7.90. The molecule has 0 saturated heterocycles. The Balaban J connectivity index is 1.57. The van der Waals surface area contributed by atoms with Gasteiger partial charge >= 0.3 is 0 Å². The second kappa shape index (κ2) is 4.61. The molecule has 2 aliphatic rings. The number of hydrogen-bond acceptors (Lipinski definition) is 3. The average Bonchev–Trinajstić information content (AvgIpc) is 3.19. The van der Waals surface area contributed by atoms with Crippen LogP contribution in [0, 0.1) is 11.8 Å². The van der Waals surface area contributed by atoms with Crippen LogP contribution in [0.15, 0.2) is 5.38 Å². The average molecular weight is 264 g/mol. The van der Waals surface area contributed by atoms with Crippen molar-refractivity contribution in [3.8, 4) is 0 Å². The molecule has 0 amide bonds. The lowest BCUT2D eigenvalue weighted by Crippen LogP contribution is -2.32. The lowest BCUT2D eigenvalue weighted by Gasteiger charge is -2.17. The maximum Gasteiger partial charge on any atom is 0.107 e. The van der Waals surface area contributed by atoms with Gasteiger partial charge in [-0.05, 0) is 37.5 Å². The van der Waals surface area contributed by atoms with Crippen molar-refractivity contribution < 1.29 is 0 Å². The largest absolute Gasteiger partial charge is 0.307 e. The minimum Gasteiger partial charge on any atom is -0.307 e. The van der Waals surface area contributed by atoms with E-state index in [-0.39, 0.29) is 5.41 Å². The number of thiazole rings is 1. The van der Waals surface area contributed by atoms with E-state index in [0.29, 0.717) is 0 Å². The van der Waals surface area contributed by atoms with E-state index in [2.05, 4.69) is 31.5 Å². The van der Waals surface area contributed by atoms with Gasteiger partial charge in [0.2, 0.25) is 0 Å². The first-order chi connectivity index (χ1) is 8.54. The molecule has 0 radical (unpaired) electrons. The molecule has 3 heteroatoms.